The van der Waals surface area contributed by atoms with Gasteiger partial charge in [-0.25, -0.2) is 9.18 Å². The van der Waals surface area contributed by atoms with Crippen LogP contribution in [0.4, 0.5) is 4.39 Å². The molecule has 2 atom stereocenters. The van der Waals surface area contributed by atoms with Gasteiger partial charge in [-0.1, -0.05) is 43.3 Å². The van der Waals surface area contributed by atoms with Gasteiger partial charge in [0.05, 0.1) is 23.5 Å². The second-order valence-corrected chi connectivity index (χ2v) is 7.55. The van der Waals surface area contributed by atoms with E-state index < -0.39 is 23.5 Å². The van der Waals surface area contributed by atoms with E-state index in [9.17, 15) is 18.8 Å². The van der Waals surface area contributed by atoms with Crippen LogP contribution in [0.2, 0.25) is 0 Å². The van der Waals surface area contributed by atoms with Crippen molar-refractivity contribution in [1.29, 1.82) is 0 Å². The minimum Gasteiger partial charge on any atom is -0.294 e. The number of nitrogens with zero attached hydrogens (tertiary/aromatic N) is 2. The molecule has 1 fully saturated rings. The minimum absolute atomic E-state index is 0.0583. The minimum atomic E-state index is -1.19. The molecule has 0 radical (unpaired) electrons. The number of fused-ring (bicyclic) bond motifs is 1. The fourth-order valence-electron chi connectivity index (χ4n) is 4.15. The van der Waals surface area contributed by atoms with E-state index >= 15 is 0 Å². The summed E-state index contributed by atoms with van der Waals surface area (Å²) >= 11 is 0. The Hall–Kier alpha value is -3.02. The lowest BCUT2D eigenvalue weighted by atomic mass is 10.1. The van der Waals surface area contributed by atoms with Crippen molar-refractivity contribution in [2.24, 2.45) is 0 Å². The van der Waals surface area contributed by atoms with E-state index in [1.54, 1.807) is 36.4 Å². The molecule has 1 aliphatic rings. The third-order valence-corrected chi connectivity index (χ3v) is 5.75. The van der Waals surface area contributed by atoms with Crippen LogP contribution < -0.4 is 11.2 Å². The zero-order valence-electron chi connectivity index (χ0n) is 16.3. The summed E-state index contributed by atoms with van der Waals surface area (Å²) in [4.78, 5) is 38.1. The molecule has 1 aliphatic carbocycles. The number of hydrogen-bond acceptors (Lipinski definition) is 3. The van der Waals surface area contributed by atoms with Crippen LogP contribution in [-0.4, -0.2) is 21.1 Å². The Kier molecular flexibility index (Phi) is 5.18. The van der Waals surface area contributed by atoms with Crippen molar-refractivity contribution >= 4 is 16.7 Å². The summed E-state index contributed by atoms with van der Waals surface area (Å²) in [5, 5.41) is 0.406. The Morgan fingerprint density at radius 2 is 1.79 bits per heavy atom. The molecule has 5 nitrogen and oxygen atoms in total. The fourth-order valence-corrected chi connectivity index (χ4v) is 4.15. The summed E-state index contributed by atoms with van der Waals surface area (Å²) in [6.45, 7) is 2.05. The maximum atomic E-state index is 14.4. The van der Waals surface area contributed by atoms with Crippen molar-refractivity contribution in [3.05, 3.63) is 80.5 Å². The largest absolute Gasteiger partial charge is 0.332 e. The second kappa shape index (κ2) is 7.78. The molecule has 3 aromatic rings. The van der Waals surface area contributed by atoms with Gasteiger partial charge in [0.1, 0.15) is 6.17 Å². The number of Topliss-reactive ketones (excluding diaryl/α,β-unsaturated/α-hetero) is 1. The molecular formula is C23H23FN2O3. The molecule has 0 spiro atoms. The van der Waals surface area contributed by atoms with Gasteiger partial charge in [0.25, 0.3) is 5.56 Å². The molecule has 0 N–H and O–H groups in total. The van der Waals surface area contributed by atoms with Crippen molar-refractivity contribution in [2.45, 2.75) is 51.4 Å². The number of benzene rings is 2. The Bertz CT molecular complexity index is 1180. The highest BCUT2D eigenvalue weighted by molar-refractivity contribution is 5.95. The Morgan fingerprint density at radius 1 is 1.07 bits per heavy atom. The first-order valence-electron chi connectivity index (χ1n) is 10.0. The lowest BCUT2D eigenvalue weighted by Crippen LogP contribution is -2.43. The van der Waals surface area contributed by atoms with Gasteiger partial charge in [-0.15, -0.1) is 0 Å². The van der Waals surface area contributed by atoms with E-state index in [1.807, 2.05) is 19.1 Å². The van der Waals surface area contributed by atoms with Gasteiger partial charge in [0.2, 0.25) is 0 Å². The van der Waals surface area contributed by atoms with Crippen LogP contribution in [0.1, 0.15) is 54.6 Å². The van der Waals surface area contributed by atoms with Gasteiger partial charge in [0.15, 0.2) is 5.78 Å². The molecule has 0 amide bonds. The van der Waals surface area contributed by atoms with E-state index in [4.69, 9.17) is 0 Å². The number of hydrogen-bond donors (Lipinski definition) is 0. The molecule has 1 heterocycles. The number of aromatic nitrogens is 2. The number of para-hydroxylation sites is 1. The van der Waals surface area contributed by atoms with Crippen LogP contribution in [0.15, 0.2) is 58.1 Å². The first-order valence-corrected chi connectivity index (χ1v) is 10.0. The number of alkyl halides is 1. The van der Waals surface area contributed by atoms with Crippen LogP contribution >= 0.6 is 0 Å². The summed E-state index contributed by atoms with van der Waals surface area (Å²) in [6.07, 6.45) is 0.769. The zero-order valence-corrected chi connectivity index (χ0v) is 16.3. The van der Waals surface area contributed by atoms with Gasteiger partial charge < -0.3 is 0 Å². The van der Waals surface area contributed by atoms with Gasteiger partial charge in [-0.05, 0) is 37.0 Å². The van der Waals surface area contributed by atoms with E-state index in [-0.39, 0.29) is 12.3 Å². The number of halogens is 1. The molecular weight excluding hydrogens is 371 g/mol. The van der Waals surface area contributed by atoms with Crippen molar-refractivity contribution < 1.29 is 9.18 Å². The first kappa shape index (κ1) is 19.3. The standard InChI is InChI=1S/C23H23FN2O3/c1-2-21(27)16-12-10-15(11-13-16)14-25-19-8-4-3-6-17(19)22(28)26(23(25)29)20-9-5-7-18(20)24/h3-4,6,8,10-13,18,20H,2,5,7,9,14H2,1H3. The normalized spacial score (nSPS) is 19.0. The predicted molar refractivity (Wildman–Crippen MR) is 110 cm³/mol. The van der Waals surface area contributed by atoms with E-state index in [0.717, 1.165) is 10.1 Å². The van der Waals surface area contributed by atoms with Gasteiger partial charge in [-0.2, -0.15) is 0 Å². The highest BCUT2D eigenvalue weighted by Gasteiger charge is 2.32. The number of carbonyl (C=O) groups excluding carboxylic acids is 1. The quantitative estimate of drug-likeness (QED) is 0.617. The van der Waals surface area contributed by atoms with Crippen LogP contribution in [0.5, 0.6) is 0 Å². The average Bonchev–Trinajstić information content (AvgIpc) is 3.16. The third kappa shape index (κ3) is 3.43. The smallest absolute Gasteiger partial charge is 0.294 e. The molecule has 150 valence electrons. The summed E-state index contributed by atoms with van der Waals surface area (Å²) in [5.41, 5.74) is 1.07. The number of carbonyl (C=O) groups is 1. The molecule has 1 aromatic heterocycles. The number of ketones is 1. The Morgan fingerprint density at radius 3 is 2.45 bits per heavy atom. The monoisotopic (exact) mass is 394 g/mol. The van der Waals surface area contributed by atoms with Crippen molar-refractivity contribution in [1.82, 2.24) is 9.13 Å². The van der Waals surface area contributed by atoms with Crippen LogP contribution in [0.3, 0.4) is 0 Å². The second-order valence-electron chi connectivity index (χ2n) is 7.55. The van der Waals surface area contributed by atoms with E-state index in [2.05, 4.69) is 0 Å². The van der Waals surface area contributed by atoms with Crippen molar-refractivity contribution in [2.75, 3.05) is 0 Å². The summed E-state index contributed by atoms with van der Waals surface area (Å²) in [5.74, 6) is 0.0583. The van der Waals surface area contributed by atoms with Crippen LogP contribution in [-0.2, 0) is 6.54 Å². The summed E-state index contributed by atoms with van der Waals surface area (Å²) < 4.78 is 17.0. The first-order chi connectivity index (χ1) is 14.0. The summed E-state index contributed by atoms with van der Waals surface area (Å²) in [6, 6.07) is 13.3. The van der Waals surface area contributed by atoms with Crippen LogP contribution in [0, 0.1) is 0 Å². The highest BCUT2D eigenvalue weighted by Crippen LogP contribution is 2.31. The van der Waals surface area contributed by atoms with E-state index in [1.165, 1.54) is 4.57 Å². The SMILES string of the molecule is CCC(=O)c1ccc(Cn2c(=O)n(C3CCCC3F)c(=O)c3ccccc32)cc1. The maximum Gasteiger partial charge on any atom is 0.332 e. The average molecular weight is 394 g/mol. The molecule has 0 aliphatic heterocycles. The van der Waals surface area contributed by atoms with Gasteiger partial charge >= 0.3 is 5.69 Å². The van der Waals surface area contributed by atoms with Crippen molar-refractivity contribution in [3.8, 4) is 0 Å². The summed E-state index contributed by atoms with van der Waals surface area (Å²) in [7, 11) is 0. The molecule has 2 unspecified atom stereocenters. The lowest BCUT2D eigenvalue weighted by molar-refractivity contribution is 0.0988. The molecule has 0 bridgehead atoms. The fraction of sp³-hybridized carbons (Fsp3) is 0.348. The topological polar surface area (TPSA) is 61.1 Å². The molecule has 1 saturated carbocycles. The predicted octanol–water partition coefficient (Wildman–Crippen LogP) is 3.87. The third-order valence-electron chi connectivity index (χ3n) is 5.75. The Balaban J connectivity index is 1.84. The Labute approximate surface area is 167 Å². The van der Waals surface area contributed by atoms with Gasteiger partial charge in [0, 0.05) is 12.0 Å². The molecule has 0 saturated heterocycles. The molecule has 4 rings (SSSR count). The highest BCUT2D eigenvalue weighted by atomic mass is 19.1. The van der Waals surface area contributed by atoms with Gasteiger partial charge in [-0.3, -0.25) is 18.7 Å². The molecule has 29 heavy (non-hydrogen) atoms. The molecule has 2 aromatic carbocycles. The number of rotatable bonds is 5. The van der Waals surface area contributed by atoms with E-state index in [0.29, 0.717) is 42.1 Å². The van der Waals surface area contributed by atoms with Crippen molar-refractivity contribution in [3.63, 3.8) is 0 Å². The van der Waals surface area contributed by atoms with Crippen LogP contribution in [0.25, 0.3) is 10.9 Å². The zero-order chi connectivity index (χ0) is 20.5. The maximum absolute atomic E-state index is 14.4. The lowest BCUT2D eigenvalue weighted by Gasteiger charge is -2.19. The molecule has 6 heteroatoms.